The summed E-state index contributed by atoms with van der Waals surface area (Å²) in [7, 11) is -4.62. The van der Waals surface area contributed by atoms with Crippen molar-refractivity contribution in [3.8, 4) is 0 Å². The second-order valence-electron chi connectivity index (χ2n) is 2.26. The van der Waals surface area contributed by atoms with Gasteiger partial charge >= 0.3 is 35.5 Å². The molecule has 0 aromatic carbocycles. The van der Waals surface area contributed by atoms with Crippen molar-refractivity contribution in [3.63, 3.8) is 0 Å². The summed E-state index contributed by atoms with van der Waals surface area (Å²) in [6.45, 7) is 0.583. The average molecular weight is 265 g/mol. The van der Waals surface area contributed by atoms with Gasteiger partial charge in [0.2, 0.25) is 5.91 Å². The fraction of sp³-hybridized carbons (Fsp3) is 0.600. The number of hydrogen-bond donors (Lipinski definition) is 2. The van der Waals surface area contributed by atoms with Crippen LogP contribution in [0.1, 0.15) is 6.92 Å². The van der Waals surface area contributed by atoms with Gasteiger partial charge in [0.25, 0.3) is 0 Å². The molecule has 0 fully saturated rings. The Bertz CT molecular complexity index is 328. The van der Waals surface area contributed by atoms with Gasteiger partial charge < -0.3 is 15.0 Å². The van der Waals surface area contributed by atoms with Crippen LogP contribution in [0.4, 0.5) is 0 Å². The fourth-order valence-corrected chi connectivity index (χ4v) is 2.37. The molecule has 0 saturated carbocycles. The van der Waals surface area contributed by atoms with E-state index in [1.165, 1.54) is 6.92 Å². The summed E-state index contributed by atoms with van der Waals surface area (Å²) in [6.07, 6.45) is 0. The third-order valence-corrected chi connectivity index (χ3v) is 3.36. The SMILES string of the molecule is CC(SS(=O)(=O)[O-])C(=O)NCC(=O)O.[Na+]. The molecule has 0 heterocycles. The molecule has 10 heteroatoms. The van der Waals surface area contributed by atoms with Gasteiger partial charge in [0, 0.05) is 0 Å². The molecule has 1 amide bonds. The largest absolute Gasteiger partial charge is 1.00 e. The zero-order valence-corrected chi connectivity index (χ0v) is 11.7. The molecule has 0 aliphatic carbocycles. The van der Waals surface area contributed by atoms with E-state index < -0.39 is 32.8 Å². The van der Waals surface area contributed by atoms with Crippen LogP contribution in [0.15, 0.2) is 0 Å². The summed E-state index contributed by atoms with van der Waals surface area (Å²) in [5.41, 5.74) is 0. The van der Waals surface area contributed by atoms with Gasteiger partial charge in [-0.15, -0.1) is 0 Å². The van der Waals surface area contributed by atoms with Gasteiger partial charge in [0.15, 0.2) is 0 Å². The van der Waals surface area contributed by atoms with Crippen LogP contribution in [0, 0.1) is 0 Å². The molecule has 0 radical (unpaired) electrons. The van der Waals surface area contributed by atoms with Crippen molar-refractivity contribution in [1.29, 1.82) is 0 Å². The Hall–Kier alpha value is 0.200. The molecular formula is C5H8NNaO6S2. The van der Waals surface area contributed by atoms with Gasteiger partial charge in [0.05, 0.1) is 5.25 Å². The van der Waals surface area contributed by atoms with Crippen molar-refractivity contribution in [3.05, 3.63) is 0 Å². The molecule has 7 nitrogen and oxygen atoms in total. The van der Waals surface area contributed by atoms with Crippen molar-refractivity contribution < 1.29 is 57.2 Å². The third kappa shape index (κ3) is 10.5. The topological polar surface area (TPSA) is 124 Å². The van der Waals surface area contributed by atoms with Crippen molar-refractivity contribution in [2.75, 3.05) is 6.54 Å². The predicted octanol–water partition coefficient (Wildman–Crippen LogP) is -4.23. The van der Waals surface area contributed by atoms with Crippen LogP contribution < -0.4 is 34.9 Å². The second kappa shape index (κ2) is 7.47. The van der Waals surface area contributed by atoms with E-state index in [0.717, 1.165) is 0 Å². The molecule has 0 spiro atoms. The predicted molar refractivity (Wildman–Crippen MR) is 47.4 cm³/mol. The van der Waals surface area contributed by atoms with Crippen LogP contribution in [0.3, 0.4) is 0 Å². The number of carboxylic acid groups (broad SMARTS) is 1. The van der Waals surface area contributed by atoms with Crippen LogP contribution in [0.5, 0.6) is 0 Å². The van der Waals surface area contributed by atoms with Crippen LogP contribution >= 0.6 is 10.8 Å². The van der Waals surface area contributed by atoms with E-state index in [2.05, 4.69) is 0 Å². The van der Waals surface area contributed by atoms with Crippen molar-refractivity contribution in [1.82, 2.24) is 5.32 Å². The van der Waals surface area contributed by atoms with Gasteiger partial charge in [-0.3, -0.25) is 9.59 Å². The Morgan fingerprint density at radius 1 is 1.53 bits per heavy atom. The second-order valence-corrected chi connectivity index (χ2v) is 5.78. The van der Waals surface area contributed by atoms with Gasteiger partial charge in [0.1, 0.15) is 15.7 Å². The van der Waals surface area contributed by atoms with E-state index >= 15 is 0 Å². The van der Waals surface area contributed by atoms with E-state index in [0.29, 0.717) is 0 Å². The summed E-state index contributed by atoms with van der Waals surface area (Å²) < 4.78 is 30.6. The zero-order chi connectivity index (χ0) is 11.4. The molecule has 0 rings (SSSR count). The molecule has 0 aliphatic rings. The molecule has 1 unspecified atom stereocenters. The van der Waals surface area contributed by atoms with Crippen LogP contribution in [-0.4, -0.2) is 41.7 Å². The molecule has 1 atom stereocenters. The van der Waals surface area contributed by atoms with Crippen LogP contribution in [0.2, 0.25) is 0 Å². The maximum Gasteiger partial charge on any atom is 1.00 e. The summed E-state index contributed by atoms with van der Waals surface area (Å²) in [5.74, 6) is -2.06. The Morgan fingerprint density at radius 3 is 2.33 bits per heavy atom. The number of carbonyl (C=O) groups excluding carboxylic acids is 1. The molecular weight excluding hydrogens is 257 g/mol. The first-order valence-corrected chi connectivity index (χ1v) is 6.16. The first-order chi connectivity index (χ1) is 6.22. The number of rotatable bonds is 5. The first-order valence-electron chi connectivity index (χ1n) is 3.36. The van der Waals surface area contributed by atoms with E-state index in [9.17, 15) is 22.6 Å². The smallest absolute Gasteiger partial charge is 0.739 e. The minimum absolute atomic E-state index is 0. The van der Waals surface area contributed by atoms with E-state index in [1.54, 1.807) is 0 Å². The Balaban J connectivity index is 0. The average Bonchev–Trinajstić information content (AvgIpc) is 1.96. The number of aliphatic carboxylic acids is 1. The Kier molecular flexibility index (Phi) is 8.76. The minimum Gasteiger partial charge on any atom is -0.739 e. The molecule has 82 valence electrons. The number of nitrogens with one attached hydrogen (secondary N) is 1. The molecule has 0 aromatic heterocycles. The molecule has 0 aliphatic heterocycles. The summed E-state index contributed by atoms with van der Waals surface area (Å²) >= 11 is 0. The monoisotopic (exact) mass is 265 g/mol. The maximum absolute atomic E-state index is 10.9. The third-order valence-electron chi connectivity index (χ3n) is 1.05. The van der Waals surface area contributed by atoms with Gasteiger partial charge in [-0.1, -0.05) is 0 Å². The standard InChI is InChI=1S/C5H9NO6S2.Na/c1-3(13-14(10,11)12)5(9)6-2-4(7)8;/h3H,2H2,1H3,(H,6,9)(H,7,8)(H,10,11,12);/q;+1/p-1. The van der Waals surface area contributed by atoms with E-state index in [4.69, 9.17) is 5.11 Å². The zero-order valence-electron chi connectivity index (χ0n) is 8.09. The normalized spacial score (nSPS) is 12.4. The van der Waals surface area contributed by atoms with Crippen molar-refractivity contribution in [2.45, 2.75) is 12.2 Å². The fourth-order valence-electron chi connectivity index (χ4n) is 0.527. The van der Waals surface area contributed by atoms with E-state index in [-0.39, 0.29) is 40.4 Å². The number of carboxylic acids is 1. The molecule has 0 saturated heterocycles. The maximum atomic E-state index is 10.9. The van der Waals surface area contributed by atoms with Crippen molar-refractivity contribution in [2.24, 2.45) is 0 Å². The van der Waals surface area contributed by atoms with Gasteiger partial charge in [-0.2, -0.15) is 0 Å². The minimum atomic E-state index is -4.55. The first kappa shape index (κ1) is 17.6. The quantitative estimate of drug-likeness (QED) is 0.293. The molecule has 15 heavy (non-hydrogen) atoms. The van der Waals surface area contributed by atoms with Crippen LogP contribution in [-0.2, 0) is 18.7 Å². The number of hydrogen-bond acceptors (Lipinski definition) is 6. The number of carbonyl (C=O) groups is 2. The number of amides is 1. The summed E-state index contributed by atoms with van der Waals surface area (Å²) in [5, 5.41) is 8.99. The van der Waals surface area contributed by atoms with E-state index in [1.807, 2.05) is 5.32 Å². The molecule has 2 N–H and O–H groups in total. The van der Waals surface area contributed by atoms with Gasteiger partial charge in [-0.25, -0.2) is 8.42 Å². The molecule has 0 aromatic rings. The Labute approximate surface area is 112 Å². The Morgan fingerprint density at radius 2 is 2.00 bits per heavy atom. The summed E-state index contributed by atoms with van der Waals surface area (Å²) in [6, 6.07) is 0. The van der Waals surface area contributed by atoms with Gasteiger partial charge in [-0.05, 0) is 17.7 Å². The van der Waals surface area contributed by atoms with Crippen LogP contribution in [0.25, 0.3) is 0 Å². The van der Waals surface area contributed by atoms with Crippen molar-refractivity contribution >= 4 is 31.8 Å². The molecule has 0 bridgehead atoms. The summed E-state index contributed by atoms with van der Waals surface area (Å²) in [4.78, 5) is 20.9.